The van der Waals surface area contributed by atoms with Crippen molar-refractivity contribution in [2.75, 3.05) is 25.4 Å². The highest BCUT2D eigenvalue weighted by molar-refractivity contribution is 7.99. The fraction of sp³-hybridized carbons (Fsp3) is 0.333. The molecule has 4 rings (SSSR count). The molecule has 2 heterocycles. The molecule has 0 spiro atoms. The van der Waals surface area contributed by atoms with Crippen LogP contribution in [0.5, 0.6) is 0 Å². The third-order valence-corrected chi connectivity index (χ3v) is 6.65. The van der Waals surface area contributed by atoms with Gasteiger partial charge in [0.1, 0.15) is 5.82 Å². The molecule has 166 valence electrons. The average Bonchev–Trinajstić information content (AvgIpc) is 3.18. The molecule has 1 saturated heterocycles. The maximum atomic E-state index is 12.9. The van der Waals surface area contributed by atoms with Gasteiger partial charge >= 0.3 is 0 Å². The average molecular weight is 450 g/mol. The van der Waals surface area contributed by atoms with Gasteiger partial charge in [0.05, 0.1) is 11.4 Å². The zero-order valence-corrected chi connectivity index (χ0v) is 19.4. The summed E-state index contributed by atoms with van der Waals surface area (Å²) in [6.45, 7) is 7.55. The van der Waals surface area contributed by atoms with Gasteiger partial charge in [-0.1, -0.05) is 48.2 Å². The number of aryl methyl sites for hydroxylation is 2. The third kappa shape index (κ3) is 4.55. The molecule has 0 aliphatic carbocycles. The van der Waals surface area contributed by atoms with E-state index in [1.807, 2.05) is 89.7 Å². The first-order valence-electron chi connectivity index (χ1n) is 10.7. The van der Waals surface area contributed by atoms with Crippen LogP contribution in [-0.4, -0.2) is 67.8 Å². The van der Waals surface area contributed by atoms with Crippen LogP contribution in [0.3, 0.4) is 0 Å². The molecule has 8 heteroatoms. The van der Waals surface area contributed by atoms with Crippen molar-refractivity contribution >= 4 is 23.6 Å². The molecule has 2 aromatic carbocycles. The van der Waals surface area contributed by atoms with Gasteiger partial charge in [0.25, 0.3) is 5.91 Å². The zero-order valence-electron chi connectivity index (χ0n) is 18.6. The summed E-state index contributed by atoms with van der Waals surface area (Å²) in [6.07, 6.45) is 0. The van der Waals surface area contributed by atoms with Gasteiger partial charge in [-0.15, -0.1) is 10.2 Å². The van der Waals surface area contributed by atoms with Crippen LogP contribution in [0.4, 0.5) is 0 Å². The SMILES string of the molecule is Cc1ccccc1-n1c(C)nnc1SCC(=O)N1CCN(C(=O)c2ccccc2)C(C)C1. The topological polar surface area (TPSA) is 71.3 Å². The van der Waals surface area contributed by atoms with Gasteiger partial charge in [-0.2, -0.15) is 0 Å². The lowest BCUT2D eigenvalue weighted by molar-refractivity contribution is -0.130. The van der Waals surface area contributed by atoms with Crippen LogP contribution in [0.25, 0.3) is 5.69 Å². The molecule has 1 aromatic heterocycles. The fourth-order valence-corrected chi connectivity index (χ4v) is 4.87. The Labute approximate surface area is 192 Å². The number of aromatic nitrogens is 3. The van der Waals surface area contributed by atoms with Gasteiger partial charge < -0.3 is 9.80 Å². The normalized spacial score (nSPS) is 16.3. The summed E-state index contributed by atoms with van der Waals surface area (Å²) in [5, 5.41) is 9.21. The Hall–Kier alpha value is -3.13. The van der Waals surface area contributed by atoms with E-state index in [1.54, 1.807) is 0 Å². The van der Waals surface area contributed by atoms with Gasteiger partial charge in [-0.25, -0.2) is 0 Å². The number of carbonyl (C=O) groups is 2. The minimum absolute atomic E-state index is 0.0152. The zero-order chi connectivity index (χ0) is 22.7. The van der Waals surface area contributed by atoms with Crippen LogP contribution >= 0.6 is 11.8 Å². The molecular formula is C24H27N5O2S. The number of benzene rings is 2. The molecule has 1 aliphatic heterocycles. The van der Waals surface area contributed by atoms with Gasteiger partial charge in [0.15, 0.2) is 5.16 Å². The molecular weight excluding hydrogens is 422 g/mol. The standard InChI is InChI=1S/C24H27N5O2S/c1-17-9-7-8-12-21(17)29-19(3)25-26-24(29)32-16-22(30)27-13-14-28(18(2)15-27)23(31)20-10-5-4-6-11-20/h4-12,18H,13-16H2,1-3H3. The number of hydrogen-bond donors (Lipinski definition) is 0. The molecule has 3 aromatic rings. The van der Waals surface area contributed by atoms with Crippen molar-refractivity contribution in [3.05, 3.63) is 71.5 Å². The van der Waals surface area contributed by atoms with E-state index in [9.17, 15) is 9.59 Å². The number of nitrogens with zero attached hydrogens (tertiary/aromatic N) is 5. The minimum atomic E-state index is -0.0386. The summed E-state index contributed by atoms with van der Waals surface area (Å²) in [5.74, 6) is 1.13. The summed E-state index contributed by atoms with van der Waals surface area (Å²) in [7, 11) is 0. The Balaban J connectivity index is 1.38. The van der Waals surface area contributed by atoms with Crippen LogP contribution in [-0.2, 0) is 4.79 Å². The molecule has 1 aliphatic rings. The van der Waals surface area contributed by atoms with Crippen LogP contribution in [0.1, 0.15) is 28.7 Å². The van der Waals surface area contributed by atoms with Crippen LogP contribution in [0.2, 0.25) is 0 Å². The lowest BCUT2D eigenvalue weighted by Gasteiger charge is -2.40. The van der Waals surface area contributed by atoms with Crippen LogP contribution in [0, 0.1) is 13.8 Å². The first-order valence-corrected chi connectivity index (χ1v) is 11.7. The summed E-state index contributed by atoms with van der Waals surface area (Å²) in [4.78, 5) is 29.4. The third-order valence-electron chi connectivity index (χ3n) is 5.74. The Kier molecular flexibility index (Phi) is 6.60. The molecule has 0 bridgehead atoms. The number of thioether (sulfide) groups is 1. The fourth-order valence-electron chi connectivity index (χ4n) is 3.98. The summed E-state index contributed by atoms with van der Waals surface area (Å²) in [6, 6.07) is 17.3. The maximum absolute atomic E-state index is 12.9. The highest BCUT2D eigenvalue weighted by Gasteiger charge is 2.30. The van der Waals surface area contributed by atoms with Gasteiger partial charge in [-0.3, -0.25) is 14.2 Å². The lowest BCUT2D eigenvalue weighted by Crippen LogP contribution is -2.55. The molecule has 1 fully saturated rings. The molecule has 1 unspecified atom stereocenters. The Morgan fingerprint density at radius 1 is 1.00 bits per heavy atom. The Morgan fingerprint density at radius 2 is 1.72 bits per heavy atom. The second kappa shape index (κ2) is 9.56. The number of para-hydroxylation sites is 1. The number of carbonyl (C=O) groups excluding carboxylic acids is 2. The van der Waals surface area contributed by atoms with Crippen molar-refractivity contribution in [3.63, 3.8) is 0 Å². The molecule has 2 amide bonds. The molecule has 32 heavy (non-hydrogen) atoms. The van der Waals surface area contributed by atoms with Crippen LogP contribution < -0.4 is 0 Å². The van der Waals surface area contributed by atoms with Crippen molar-refractivity contribution < 1.29 is 9.59 Å². The smallest absolute Gasteiger partial charge is 0.254 e. The molecule has 0 N–H and O–H groups in total. The van der Waals surface area contributed by atoms with E-state index in [4.69, 9.17) is 0 Å². The number of rotatable bonds is 5. The van der Waals surface area contributed by atoms with Crippen molar-refractivity contribution in [3.8, 4) is 5.69 Å². The highest BCUT2D eigenvalue weighted by atomic mass is 32.2. The van der Waals surface area contributed by atoms with Gasteiger partial charge in [0.2, 0.25) is 5.91 Å². The number of hydrogen-bond acceptors (Lipinski definition) is 5. The van der Waals surface area contributed by atoms with Crippen molar-refractivity contribution in [2.24, 2.45) is 0 Å². The van der Waals surface area contributed by atoms with E-state index in [0.29, 0.717) is 30.4 Å². The quantitative estimate of drug-likeness (QED) is 0.559. The molecule has 1 atom stereocenters. The van der Waals surface area contributed by atoms with Gasteiger partial charge in [-0.05, 0) is 44.5 Å². The monoisotopic (exact) mass is 449 g/mol. The Bertz CT molecular complexity index is 1110. The van der Waals surface area contributed by atoms with E-state index in [0.717, 1.165) is 17.1 Å². The van der Waals surface area contributed by atoms with Crippen molar-refractivity contribution in [1.29, 1.82) is 0 Å². The Morgan fingerprint density at radius 3 is 2.44 bits per heavy atom. The summed E-state index contributed by atoms with van der Waals surface area (Å²) >= 11 is 1.40. The summed E-state index contributed by atoms with van der Waals surface area (Å²) in [5.41, 5.74) is 2.82. The number of piperazine rings is 1. The molecule has 7 nitrogen and oxygen atoms in total. The second-order valence-corrected chi connectivity index (χ2v) is 8.94. The molecule has 0 radical (unpaired) electrons. The summed E-state index contributed by atoms with van der Waals surface area (Å²) < 4.78 is 1.99. The van der Waals surface area contributed by atoms with E-state index in [2.05, 4.69) is 10.2 Å². The van der Waals surface area contributed by atoms with Crippen LogP contribution in [0.15, 0.2) is 59.8 Å². The molecule has 0 saturated carbocycles. The lowest BCUT2D eigenvalue weighted by atomic mass is 10.1. The van der Waals surface area contributed by atoms with Gasteiger partial charge in [0, 0.05) is 31.2 Å². The van der Waals surface area contributed by atoms with E-state index >= 15 is 0 Å². The van der Waals surface area contributed by atoms with Crippen molar-refractivity contribution in [2.45, 2.75) is 32.0 Å². The van der Waals surface area contributed by atoms with E-state index in [-0.39, 0.29) is 23.6 Å². The van der Waals surface area contributed by atoms with Crippen molar-refractivity contribution in [1.82, 2.24) is 24.6 Å². The van der Waals surface area contributed by atoms with E-state index < -0.39 is 0 Å². The number of amides is 2. The maximum Gasteiger partial charge on any atom is 0.254 e. The minimum Gasteiger partial charge on any atom is -0.338 e. The second-order valence-electron chi connectivity index (χ2n) is 7.99. The predicted octanol–water partition coefficient (Wildman–Crippen LogP) is 3.35. The predicted molar refractivity (Wildman–Crippen MR) is 125 cm³/mol. The first-order chi connectivity index (χ1) is 15.5. The highest BCUT2D eigenvalue weighted by Crippen LogP contribution is 2.24. The van der Waals surface area contributed by atoms with E-state index in [1.165, 1.54) is 11.8 Å². The largest absolute Gasteiger partial charge is 0.338 e. The first kappa shape index (κ1) is 22.1.